The standard InChI is InChI=1S/C8H9NO.C2H6/c9-6-8(10)7-4-2-1-3-5-7;1-2/h1-5H,6,9H2;1-2H3. The summed E-state index contributed by atoms with van der Waals surface area (Å²) in [7, 11) is 0. The summed E-state index contributed by atoms with van der Waals surface area (Å²) in [5.74, 6) is -0.0133. The van der Waals surface area contributed by atoms with E-state index in [4.69, 9.17) is 5.73 Å². The van der Waals surface area contributed by atoms with Crippen molar-refractivity contribution in [3.05, 3.63) is 35.9 Å². The minimum atomic E-state index is -0.0133. The Labute approximate surface area is 73.4 Å². The van der Waals surface area contributed by atoms with Crippen LogP contribution in [-0.4, -0.2) is 12.3 Å². The van der Waals surface area contributed by atoms with Gasteiger partial charge in [0.25, 0.3) is 0 Å². The Morgan fingerprint density at radius 1 is 1.25 bits per heavy atom. The molecular weight excluding hydrogens is 150 g/mol. The van der Waals surface area contributed by atoms with Gasteiger partial charge in [0.1, 0.15) is 0 Å². The maximum absolute atomic E-state index is 10.9. The fourth-order valence-electron chi connectivity index (χ4n) is 0.742. The van der Waals surface area contributed by atoms with Crippen LogP contribution < -0.4 is 5.73 Å². The zero-order valence-corrected chi connectivity index (χ0v) is 7.58. The third-order valence-electron chi connectivity index (χ3n) is 1.28. The molecule has 1 aromatic rings. The summed E-state index contributed by atoms with van der Waals surface area (Å²) in [5, 5.41) is 0. The smallest absolute Gasteiger partial charge is 0.176 e. The monoisotopic (exact) mass is 165 g/mol. The van der Waals surface area contributed by atoms with Crippen molar-refractivity contribution in [3.63, 3.8) is 0 Å². The van der Waals surface area contributed by atoms with E-state index in [-0.39, 0.29) is 12.3 Å². The topological polar surface area (TPSA) is 43.1 Å². The quantitative estimate of drug-likeness (QED) is 0.680. The first kappa shape index (κ1) is 10.8. The van der Waals surface area contributed by atoms with E-state index in [2.05, 4.69) is 0 Å². The second kappa shape index (κ2) is 6.55. The first-order chi connectivity index (χ1) is 5.84. The highest BCUT2D eigenvalue weighted by Crippen LogP contribution is 1.97. The van der Waals surface area contributed by atoms with Gasteiger partial charge < -0.3 is 5.73 Å². The molecule has 2 N–H and O–H groups in total. The molecule has 0 bridgehead atoms. The Balaban J connectivity index is 0.000000561. The van der Waals surface area contributed by atoms with Crippen LogP contribution in [0, 0.1) is 0 Å². The number of benzene rings is 1. The van der Waals surface area contributed by atoms with Gasteiger partial charge in [-0.25, -0.2) is 0 Å². The van der Waals surface area contributed by atoms with Crippen LogP contribution in [0.3, 0.4) is 0 Å². The largest absolute Gasteiger partial charge is 0.324 e. The van der Waals surface area contributed by atoms with Crippen LogP contribution in [0.2, 0.25) is 0 Å². The van der Waals surface area contributed by atoms with Crippen molar-refractivity contribution in [3.8, 4) is 0 Å². The summed E-state index contributed by atoms with van der Waals surface area (Å²) >= 11 is 0. The van der Waals surface area contributed by atoms with Crippen molar-refractivity contribution < 1.29 is 4.79 Å². The molecule has 2 heteroatoms. The molecule has 0 radical (unpaired) electrons. The summed E-state index contributed by atoms with van der Waals surface area (Å²) in [6, 6.07) is 9.03. The Hall–Kier alpha value is -1.15. The summed E-state index contributed by atoms with van der Waals surface area (Å²) in [6.45, 7) is 4.09. The van der Waals surface area contributed by atoms with Crippen molar-refractivity contribution >= 4 is 5.78 Å². The summed E-state index contributed by atoms with van der Waals surface area (Å²) in [6.07, 6.45) is 0. The fourth-order valence-corrected chi connectivity index (χ4v) is 0.742. The molecule has 0 aromatic heterocycles. The Bertz CT molecular complexity index is 219. The normalized spacial score (nSPS) is 8.25. The van der Waals surface area contributed by atoms with Crippen LogP contribution >= 0.6 is 0 Å². The molecule has 12 heavy (non-hydrogen) atoms. The molecular formula is C10H15NO. The third kappa shape index (κ3) is 3.30. The molecule has 0 atom stereocenters. The van der Waals surface area contributed by atoms with Crippen molar-refractivity contribution in [2.75, 3.05) is 6.54 Å². The van der Waals surface area contributed by atoms with Gasteiger partial charge in [-0.1, -0.05) is 44.2 Å². The number of ketones is 1. The Morgan fingerprint density at radius 2 is 1.75 bits per heavy atom. The highest BCUT2D eigenvalue weighted by Gasteiger charge is 1.98. The number of carbonyl (C=O) groups is 1. The lowest BCUT2D eigenvalue weighted by Gasteiger charge is -1.93. The molecule has 2 nitrogen and oxygen atoms in total. The highest BCUT2D eigenvalue weighted by molar-refractivity contribution is 5.97. The van der Waals surface area contributed by atoms with Crippen molar-refractivity contribution in [1.82, 2.24) is 0 Å². The molecule has 0 saturated carbocycles. The molecule has 0 spiro atoms. The summed E-state index contributed by atoms with van der Waals surface area (Å²) < 4.78 is 0. The second-order valence-corrected chi connectivity index (χ2v) is 1.99. The van der Waals surface area contributed by atoms with Gasteiger partial charge in [0, 0.05) is 5.56 Å². The predicted molar refractivity (Wildman–Crippen MR) is 51.2 cm³/mol. The van der Waals surface area contributed by atoms with E-state index >= 15 is 0 Å². The van der Waals surface area contributed by atoms with Crippen LogP contribution in [0.15, 0.2) is 30.3 Å². The lowest BCUT2D eigenvalue weighted by Crippen LogP contribution is -2.12. The number of carbonyl (C=O) groups excluding carboxylic acids is 1. The van der Waals surface area contributed by atoms with Crippen LogP contribution in [-0.2, 0) is 0 Å². The number of rotatable bonds is 2. The average Bonchev–Trinajstić information content (AvgIpc) is 2.21. The van der Waals surface area contributed by atoms with E-state index in [1.165, 1.54) is 0 Å². The van der Waals surface area contributed by atoms with Crippen LogP contribution in [0.25, 0.3) is 0 Å². The molecule has 0 amide bonds. The van der Waals surface area contributed by atoms with E-state index in [9.17, 15) is 4.79 Å². The molecule has 0 aliphatic carbocycles. The number of nitrogens with two attached hydrogens (primary N) is 1. The second-order valence-electron chi connectivity index (χ2n) is 1.99. The van der Waals surface area contributed by atoms with Crippen molar-refractivity contribution in [1.29, 1.82) is 0 Å². The average molecular weight is 165 g/mol. The lowest BCUT2D eigenvalue weighted by molar-refractivity contribution is 0.100. The zero-order valence-electron chi connectivity index (χ0n) is 7.58. The van der Waals surface area contributed by atoms with Gasteiger partial charge in [-0.05, 0) is 0 Å². The zero-order chi connectivity index (χ0) is 9.40. The third-order valence-corrected chi connectivity index (χ3v) is 1.28. The molecule has 0 aliphatic heterocycles. The van der Waals surface area contributed by atoms with Crippen LogP contribution in [0.1, 0.15) is 24.2 Å². The molecule has 0 heterocycles. The van der Waals surface area contributed by atoms with Gasteiger partial charge in [-0.3, -0.25) is 4.79 Å². The van der Waals surface area contributed by atoms with E-state index < -0.39 is 0 Å². The molecule has 66 valence electrons. The molecule has 0 unspecified atom stereocenters. The van der Waals surface area contributed by atoms with E-state index in [0.29, 0.717) is 5.56 Å². The van der Waals surface area contributed by atoms with Gasteiger partial charge in [-0.2, -0.15) is 0 Å². The van der Waals surface area contributed by atoms with Gasteiger partial charge in [0.15, 0.2) is 5.78 Å². The van der Waals surface area contributed by atoms with Crippen LogP contribution in [0.4, 0.5) is 0 Å². The Kier molecular flexibility index (Phi) is 5.93. The molecule has 1 rings (SSSR count). The minimum absolute atomic E-state index is 0.0133. The first-order valence-electron chi connectivity index (χ1n) is 4.13. The van der Waals surface area contributed by atoms with E-state index in [1.807, 2.05) is 32.0 Å². The maximum Gasteiger partial charge on any atom is 0.176 e. The highest BCUT2D eigenvalue weighted by atomic mass is 16.1. The number of hydrogen-bond acceptors (Lipinski definition) is 2. The molecule has 1 aromatic carbocycles. The molecule has 0 saturated heterocycles. The predicted octanol–water partition coefficient (Wildman–Crippen LogP) is 1.85. The number of hydrogen-bond donors (Lipinski definition) is 1. The van der Waals surface area contributed by atoms with Crippen molar-refractivity contribution in [2.24, 2.45) is 5.73 Å². The summed E-state index contributed by atoms with van der Waals surface area (Å²) in [4.78, 5) is 10.9. The van der Waals surface area contributed by atoms with Gasteiger partial charge in [0.2, 0.25) is 0 Å². The van der Waals surface area contributed by atoms with Gasteiger partial charge >= 0.3 is 0 Å². The maximum atomic E-state index is 10.9. The van der Waals surface area contributed by atoms with E-state index in [1.54, 1.807) is 12.1 Å². The number of Topliss-reactive ketones (excluding diaryl/α,β-unsaturated/α-hetero) is 1. The van der Waals surface area contributed by atoms with Crippen LogP contribution in [0.5, 0.6) is 0 Å². The van der Waals surface area contributed by atoms with Crippen molar-refractivity contribution in [2.45, 2.75) is 13.8 Å². The lowest BCUT2D eigenvalue weighted by atomic mass is 10.1. The molecule has 0 fully saturated rings. The molecule has 0 aliphatic rings. The van der Waals surface area contributed by atoms with E-state index in [0.717, 1.165) is 0 Å². The summed E-state index contributed by atoms with van der Waals surface area (Å²) in [5.41, 5.74) is 5.84. The van der Waals surface area contributed by atoms with Gasteiger partial charge in [0.05, 0.1) is 6.54 Å². The minimum Gasteiger partial charge on any atom is -0.324 e. The fraction of sp³-hybridized carbons (Fsp3) is 0.300. The first-order valence-corrected chi connectivity index (χ1v) is 4.13. The Morgan fingerprint density at radius 3 is 2.17 bits per heavy atom. The SMILES string of the molecule is CC.NCC(=O)c1ccccc1. The van der Waals surface area contributed by atoms with Gasteiger partial charge in [-0.15, -0.1) is 0 Å².